The van der Waals surface area contributed by atoms with Crippen LogP contribution in [0.1, 0.15) is 17.4 Å². The van der Waals surface area contributed by atoms with Crippen molar-refractivity contribution in [2.45, 2.75) is 20.0 Å². The Labute approximate surface area is 155 Å². The first-order valence-electron chi connectivity index (χ1n) is 8.09. The van der Waals surface area contributed by atoms with Gasteiger partial charge in [-0.05, 0) is 49.1 Å². The predicted molar refractivity (Wildman–Crippen MR) is 101 cm³/mol. The molecule has 0 saturated heterocycles. The first-order chi connectivity index (χ1) is 12.5. The number of rotatable bonds is 4. The third-order valence-electron chi connectivity index (χ3n) is 3.95. The van der Waals surface area contributed by atoms with Gasteiger partial charge in [0.15, 0.2) is 6.10 Å². The summed E-state index contributed by atoms with van der Waals surface area (Å²) in [7, 11) is 0. The van der Waals surface area contributed by atoms with Crippen LogP contribution in [0.3, 0.4) is 0 Å². The van der Waals surface area contributed by atoms with Gasteiger partial charge in [0.1, 0.15) is 6.54 Å². The number of amides is 2. The zero-order valence-corrected chi connectivity index (χ0v) is 15.2. The Bertz CT molecular complexity index is 887. The van der Waals surface area contributed by atoms with E-state index in [0.29, 0.717) is 11.4 Å². The average molecular weight is 370 g/mol. The molecular formula is C19H18N2O4S. The molecule has 2 amide bonds. The van der Waals surface area contributed by atoms with Gasteiger partial charge >= 0.3 is 5.97 Å². The molecule has 7 heteroatoms. The molecule has 3 rings (SSSR count). The second-order valence-corrected chi connectivity index (χ2v) is 6.82. The molecule has 0 radical (unpaired) electrons. The van der Waals surface area contributed by atoms with Gasteiger partial charge in [-0.3, -0.25) is 14.5 Å². The molecule has 0 spiro atoms. The van der Waals surface area contributed by atoms with E-state index in [9.17, 15) is 14.4 Å². The Balaban J connectivity index is 1.68. The van der Waals surface area contributed by atoms with Crippen molar-refractivity contribution in [1.29, 1.82) is 0 Å². The largest absolute Gasteiger partial charge is 0.449 e. The molecule has 6 nitrogen and oxygen atoms in total. The van der Waals surface area contributed by atoms with Crippen LogP contribution >= 0.6 is 11.3 Å². The van der Waals surface area contributed by atoms with Gasteiger partial charge in [-0.1, -0.05) is 12.1 Å². The Morgan fingerprint density at radius 2 is 2.08 bits per heavy atom. The number of nitrogens with zero attached hydrogens (tertiary/aromatic N) is 1. The molecule has 26 heavy (non-hydrogen) atoms. The molecule has 1 aromatic heterocycles. The molecule has 1 aliphatic rings. The van der Waals surface area contributed by atoms with Gasteiger partial charge < -0.3 is 10.1 Å². The summed E-state index contributed by atoms with van der Waals surface area (Å²) in [6.07, 6.45) is 1.97. The zero-order valence-electron chi connectivity index (χ0n) is 14.4. The van der Waals surface area contributed by atoms with Crippen LogP contribution in [-0.4, -0.2) is 30.4 Å². The van der Waals surface area contributed by atoms with Crippen molar-refractivity contribution in [1.82, 2.24) is 0 Å². The van der Waals surface area contributed by atoms with Crippen molar-refractivity contribution >= 4 is 46.6 Å². The van der Waals surface area contributed by atoms with Crippen molar-refractivity contribution < 1.29 is 19.1 Å². The summed E-state index contributed by atoms with van der Waals surface area (Å²) in [6.45, 7) is 3.34. The number of hydrogen-bond donors (Lipinski definition) is 1. The highest BCUT2D eigenvalue weighted by atomic mass is 32.1. The van der Waals surface area contributed by atoms with E-state index < -0.39 is 18.0 Å². The van der Waals surface area contributed by atoms with E-state index >= 15 is 0 Å². The quantitative estimate of drug-likeness (QED) is 0.663. The first-order valence-corrected chi connectivity index (χ1v) is 8.96. The van der Waals surface area contributed by atoms with E-state index in [1.165, 1.54) is 29.2 Å². The maximum absolute atomic E-state index is 12.7. The topological polar surface area (TPSA) is 75.7 Å². The van der Waals surface area contributed by atoms with Gasteiger partial charge in [0.05, 0.1) is 11.4 Å². The number of thiophene rings is 1. The molecule has 134 valence electrons. The second-order valence-electron chi connectivity index (χ2n) is 5.87. The van der Waals surface area contributed by atoms with E-state index in [2.05, 4.69) is 5.32 Å². The highest BCUT2D eigenvalue weighted by Crippen LogP contribution is 2.29. The fourth-order valence-electron chi connectivity index (χ4n) is 2.61. The van der Waals surface area contributed by atoms with Crippen molar-refractivity contribution in [2.24, 2.45) is 0 Å². The lowest BCUT2D eigenvalue weighted by atomic mass is 10.1. The van der Waals surface area contributed by atoms with Crippen molar-refractivity contribution in [3.63, 3.8) is 0 Å². The lowest BCUT2D eigenvalue weighted by Crippen LogP contribution is -2.46. The van der Waals surface area contributed by atoms with E-state index in [1.54, 1.807) is 30.3 Å². The number of fused-ring (bicyclic) bond motifs is 1. The number of hydrogen-bond acceptors (Lipinski definition) is 5. The molecule has 1 aromatic carbocycles. The zero-order chi connectivity index (χ0) is 18.7. The number of esters is 1. The number of para-hydroxylation sites is 2. The van der Waals surface area contributed by atoms with Crippen LogP contribution in [0.4, 0.5) is 11.4 Å². The first kappa shape index (κ1) is 17.9. The van der Waals surface area contributed by atoms with Crippen LogP contribution in [0.5, 0.6) is 0 Å². The minimum absolute atomic E-state index is 0.109. The number of anilines is 2. The molecule has 1 N–H and O–H groups in total. The van der Waals surface area contributed by atoms with Gasteiger partial charge in [0.25, 0.3) is 5.91 Å². The standard InChI is InChI=1S/C19H18N2O4S/c1-12-9-10-26-16(12)7-8-18(23)25-13(2)19(24)21-11-17(22)20-14-5-3-4-6-15(14)21/h3-10,13H,11H2,1-2H3,(H,20,22)/b8-7+/t13-/m1/s1. The summed E-state index contributed by atoms with van der Waals surface area (Å²) in [6, 6.07) is 8.96. The lowest BCUT2D eigenvalue weighted by molar-refractivity contribution is -0.149. The minimum atomic E-state index is -1.00. The van der Waals surface area contributed by atoms with E-state index in [1.807, 2.05) is 18.4 Å². The summed E-state index contributed by atoms with van der Waals surface area (Å²) >= 11 is 1.52. The fraction of sp³-hybridized carbons (Fsp3) is 0.211. The van der Waals surface area contributed by atoms with Crippen LogP contribution < -0.4 is 10.2 Å². The number of aryl methyl sites for hydroxylation is 1. The molecular weight excluding hydrogens is 352 g/mol. The number of ether oxygens (including phenoxy) is 1. The van der Waals surface area contributed by atoms with Crippen LogP contribution in [-0.2, 0) is 19.1 Å². The van der Waals surface area contributed by atoms with E-state index in [0.717, 1.165) is 10.4 Å². The number of carbonyl (C=O) groups excluding carboxylic acids is 3. The molecule has 0 unspecified atom stereocenters. The molecule has 2 heterocycles. The van der Waals surface area contributed by atoms with Crippen LogP contribution in [0.25, 0.3) is 6.08 Å². The van der Waals surface area contributed by atoms with Gasteiger partial charge in [-0.2, -0.15) is 0 Å². The molecule has 0 saturated carbocycles. The Morgan fingerprint density at radius 3 is 2.81 bits per heavy atom. The Morgan fingerprint density at radius 1 is 1.31 bits per heavy atom. The maximum atomic E-state index is 12.7. The molecule has 0 fully saturated rings. The molecule has 0 bridgehead atoms. The fourth-order valence-corrected chi connectivity index (χ4v) is 3.43. The highest BCUT2D eigenvalue weighted by molar-refractivity contribution is 7.11. The molecule has 0 aliphatic carbocycles. The molecule has 1 atom stereocenters. The summed E-state index contributed by atoms with van der Waals surface area (Å²) < 4.78 is 5.21. The van der Waals surface area contributed by atoms with E-state index in [4.69, 9.17) is 4.74 Å². The number of carbonyl (C=O) groups is 3. The summed E-state index contributed by atoms with van der Waals surface area (Å²) in [4.78, 5) is 38.8. The summed E-state index contributed by atoms with van der Waals surface area (Å²) in [5, 5.41) is 4.65. The lowest BCUT2D eigenvalue weighted by Gasteiger charge is -2.30. The third kappa shape index (κ3) is 3.83. The maximum Gasteiger partial charge on any atom is 0.331 e. The Hall–Kier alpha value is -2.93. The van der Waals surface area contributed by atoms with Gasteiger partial charge in [-0.25, -0.2) is 4.79 Å². The summed E-state index contributed by atoms with van der Waals surface area (Å²) in [5.41, 5.74) is 2.22. The molecule has 2 aromatic rings. The Kier molecular flexibility index (Phi) is 5.18. The normalized spacial score (nSPS) is 14.7. The van der Waals surface area contributed by atoms with Gasteiger partial charge in [0, 0.05) is 11.0 Å². The summed E-state index contributed by atoms with van der Waals surface area (Å²) in [5.74, 6) is -1.33. The van der Waals surface area contributed by atoms with Crippen molar-refractivity contribution in [3.8, 4) is 0 Å². The van der Waals surface area contributed by atoms with Gasteiger partial charge in [0.2, 0.25) is 5.91 Å². The van der Waals surface area contributed by atoms with E-state index in [-0.39, 0.29) is 12.5 Å². The van der Waals surface area contributed by atoms with Crippen molar-refractivity contribution in [2.75, 3.05) is 16.8 Å². The van der Waals surface area contributed by atoms with Gasteiger partial charge in [-0.15, -0.1) is 11.3 Å². The second kappa shape index (κ2) is 7.53. The van der Waals surface area contributed by atoms with Crippen LogP contribution in [0, 0.1) is 6.92 Å². The predicted octanol–water partition coefficient (Wildman–Crippen LogP) is 2.99. The monoisotopic (exact) mass is 370 g/mol. The number of nitrogens with one attached hydrogen (secondary N) is 1. The SMILES string of the molecule is Cc1ccsc1/C=C/C(=O)O[C@H](C)C(=O)N1CC(=O)Nc2ccccc21. The average Bonchev–Trinajstić information content (AvgIpc) is 3.03. The minimum Gasteiger partial charge on any atom is -0.449 e. The molecule has 1 aliphatic heterocycles. The third-order valence-corrected chi connectivity index (χ3v) is 4.93. The van der Waals surface area contributed by atoms with Crippen LogP contribution in [0.2, 0.25) is 0 Å². The highest BCUT2D eigenvalue weighted by Gasteiger charge is 2.31. The van der Waals surface area contributed by atoms with Crippen molar-refractivity contribution in [3.05, 3.63) is 52.2 Å². The van der Waals surface area contributed by atoms with Crippen LogP contribution in [0.15, 0.2) is 41.8 Å². The smallest absolute Gasteiger partial charge is 0.331 e. The number of benzene rings is 1.